The molecule has 0 radical (unpaired) electrons. The van der Waals surface area contributed by atoms with E-state index in [4.69, 9.17) is 9.15 Å². The van der Waals surface area contributed by atoms with E-state index < -0.39 is 0 Å². The Bertz CT molecular complexity index is 1010. The zero-order valence-electron chi connectivity index (χ0n) is 17.5. The van der Waals surface area contributed by atoms with Crippen LogP contribution in [0.2, 0.25) is 0 Å². The smallest absolute Gasteiger partial charge is 0.257 e. The van der Waals surface area contributed by atoms with Gasteiger partial charge in [-0.25, -0.2) is 4.98 Å². The molecule has 0 bridgehead atoms. The van der Waals surface area contributed by atoms with E-state index in [1.807, 2.05) is 53.4 Å². The van der Waals surface area contributed by atoms with E-state index in [2.05, 4.69) is 9.88 Å². The molecular formula is C24H27N3O3S. The zero-order valence-corrected chi connectivity index (χ0v) is 18.4. The van der Waals surface area contributed by atoms with Gasteiger partial charge in [0.15, 0.2) is 5.58 Å². The predicted octanol–water partition coefficient (Wildman–Crippen LogP) is 4.06. The van der Waals surface area contributed by atoms with Gasteiger partial charge in [-0.2, -0.15) is 0 Å². The first-order valence-electron chi connectivity index (χ1n) is 11.0. The van der Waals surface area contributed by atoms with Gasteiger partial charge in [-0.15, -0.1) is 0 Å². The van der Waals surface area contributed by atoms with Gasteiger partial charge in [-0.1, -0.05) is 42.1 Å². The predicted molar refractivity (Wildman–Crippen MR) is 121 cm³/mol. The minimum Gasteiger partial charge on any atom is -0.431 e. The number of ether oxygens (including phenoxy) is 1. The quantitative estimate of drug-likeness (QED) is 0.542. The summed E-state index contributed by atoms with van der Waals surface area (Å²) in [5.74, 6) is 0.763. The standard InChI is InChI=1S/C24H27N3O3S/c28-23(27-13-11-26(12-14-27)16-19-7-5-15-29-19)20-8-2-1-6-18(20)17-31-24-25-21-9-3-4-10-22(21)30-24/h1-4,6,8-10,19H,5,7,11-17H2/t19-/m1/s1. The second kappa shape index (κ2) is 9.42. The molecule has 1 amide bonds. The summed E-state index contributed by atoms with van der Waals surface area (Å²) in [6.45, 7) is 5.22. The lowest BCUT2D eigenvalue weighted by molar-refractivity contribution is 0.0432. The molecule has 1 aromatic heterocycles. The summed E-state index contributed by atoms with van der Waals surface area (Å²) in [7, 11) is 0. The number of carbonyl (C=O) groups is 1. The van der Waals surface area contributed by atoms with Gasteiger partial charge in [0.2, 0.25) is 0 Å². The van der Waals surface area contributed by atoms with Crippen molar-refractivity contribution in [3.63, 3.8) is 0 Å². The van der Waals surface area contributed by atoms with Crippen LogP contribution in [-0.2, 0) is 10.5 Å². The first kappa shape index (κ1) is 20.5. The molecule has 3 heterocycles. The zero-order chi connectivity index (χ0) is 21.0. The number of fused-ring (bicyclic) bond motifs is 1. The molecule has 0 unspecified atom stereocenters. The highest BCUT2D eigenvalue weighted by atomic mass is 32.2. The van der Waals surface area contributed by atoms with E-state index in [1.54, 1.807) is 0 Å². The van der Waals surface area contributed by atoms with E-state index in [9.17, 15) is 4.79 Å². The third kappa shape index (κ3) is 4.79. The second-order valence-corrected chi connectivity index (χ2v) is 9.05. The van der Waals surface area contributed by atoms with Crippen LogP contribution in [0, 0.1) is 0 Å². The topological polar surface area (TPSA) is 58.8 Å². The van der Waals surface area contributed by atoms with Crippen molar-refractivity contribution >= 4 is 28.8 Å². The average Bonchev–Trinajstić information content (AvgIpc) is 3.47. The molecule has 162 valence electrons. The molecule has 3 aromatic rings. The van der Waals surface area contributed by atoms with Gasteiger partial charge < -0.3 is 14.1 Å². The van der Waals surface area contributed by atoms with Gasteiger partial charge in [0.25, 0.3) is 11.1 Å². The number of piperazine rings is 1. The second-order valence-electron chi connectivity index (χ2n) is 8.12. The van der Waals surface area contributed by atoms with Gasteiger partial charge >= 0.3 is 0 Å². The van der Waals surface area contributed by atoms with Crippen molar-refractivity contribution in [3.05, 3.63) is 59.7 Å². The number of aromatic nitrogens is 1. The van der Waals surface area contributed by atoms with Crippen LogP contribution in [0.4, 0.5) is 0 Å². The Morgan fingerprint density at radius 3 is 2.68 bits per heavy atom. The Morgan fingerprint density at radius 2 is 1.87 bits per heavy atom. The Morgan fingerprint density at radius 1 is 1.06 bits per heavy atom. The Hall–Kier alpha value is -2.35. The maximum atomic E-state index is 13.3. The highest BCUT2D eigenvalue weighted by Gasteiger charge is 2.26. The maximum Gasteiger partial charge on any atom is 0.257 e. The average molecular weight is 438 g/mol. The Balaban J connectivity index is 1.21. The summed E-state index contributed by atoms with van der Waals surface area (Å²) < 4.78 is 11.6. The molecule has 6 nitrogen and oxygen atoms in total. The van der Waals surface area contributed by atoms with E-state index in [1.165, 1.54) is 18.2 Å². The van der Waals surface area contributed by atoms with E-state index >= 15 is 0 Å². The fourth-order valence-electron chi connectivity index (χ4n) is 4.29. The first-order chi connectivity index (χ1) is 15.3. The fraction of sp³-hybridized carbons (Fsp3) is 0.417. The summed E-state index contributed by atoms with van der Waals surface area (Å²) in [6.07, 6.45) is 2.69. The van der Waals surface area contributed by atoms with Gasteiger partial charge in [-0.3, -0.25) is 9.69 Å². The van der Waals surface area contributed by atoms with Crippen LogP contribution in [0.5, 0.6) is 0 Å². The monoisotopic (exact) mass is 437 g/mol. The molecule has 1 atom stereocenters. The van der Waals surface area contributed by atoms with Crippen molar-refractivity contribution in [1.29, 1.82) is 0 Å². The van der Waals surface area contributed by atoms with Crippen molar-refractivity contribution in [3.8, 4) is 0 Å². The lowest BCUT2D eigenvalue weighted by Crippen LogP contribution is -2.50. The molecule has 31 heavy (non-hydrogen) atoms. The minimum atomic E-state index is 0.116. The van der Waals surface area contributed by atoms with Gasteiger partial charge in [0, 0.05) is 50.6 Å². The summed E-state index contributed by atoms with van der Waals surface area (Å²) in [5.41, 5.74) is 3.44. The number of carbonyl (C=O) groups excluding carboxylic acids is 1. The van der Waals surface area contributed by atoms with Crippen molar-refractivity contribution in [2.75, 3.05) is 39.3 Å². The lowest BCUT2D eigenvalue weighted by atomic mass is 10.1. The van der Waals surface area contributed by atoms with Crippen LogP contribution in [-0.4, -0.2) is 66.1 Å². The third-order valence-electron chi connectivity index (χ3n) is 6.02. The summed E-state index contributed by atoms with van der Waals surface area (Å²) in [4.78, 5) is 22.2. The summed E-state index contributed by atoms with van der Waals surface area (Å²) >= 11 is 1.52. The first-order valence-corrected chi connectivity index (χ1v) is 11.9. The van der Waals surface area contributed by atoms with Crippen LogP contribution in [0.15, 0.2) is 58.2 Å². The lowest BCUT2D eigenvalue weighted by Gasteiger charge is -2.36. The number of benzene rings is 2. The SMILES string of the molecule is O=C(c1ccccc1CSc1nc2ccccc2o1)N1CCN(C[C@H]2CCCO2)CC1. The largest absolute Gasteiger partial charge is 0.431 e. The normalized spacial score (nSPS) is 19.9. The number of rotatable bonds is 6. The third-order valence-corrected chi connectivity index (χ3v) is 6.90. The number of amides is 1. The molecule has 0 spiro atoms. The number of hydrogen-bond acceptors (Lipinski definition) is 6. The highest BCUT2D eigenvalue weighted by molar-refractivity contribution is 7.98. The fourth-order valence-corrected chi connectivity index (χ4v) is 5.13. The van der Waals surface area contributed by atoms with Gasteiger partial charge in [0.1, 0.15) is 5.52 Å². The van der Waals surface area contributed by atoms with E-state index in [0.717, 1.165) is 68.0 Å². The molecule has 2 aromatic carbocycles. The van der Waals surface area contributed by atoms with Crippen LogP contribution >= 0.6 is 11.8 Å². The molecule has 0 aliphatic carbocycles. The number of para-hydroxylation sites is 2. The molecule has 2 aliphatic heterocycles. The van der Waals surface area contributed by atoms with E-state index in [0.29, 0.717) is 17.1 Å². The Labute approximate surface area is 186 Å². The van der Waals surface area contributed by atoms with E-state index in [-0.39, 0.29) is 5.91 Å². The van der Waals surface area contributed by atoms with Crippen molar-refractivity contribution in [1.82, 2.24) is 14.8 Å². The number of nitrogens with zero attached hydrogens (tertiary/aromatic N) is 3. The summed E-state index contributed by atoms with van der Waals surface area (Å²) in [5, 5.41) is 0.631. The highest BCUT2D eigenvalue weighted by Crippen LogP contribution is 2.28. The minimum absolute atomic E-state index is 0.116. The van der Waals surface area contributed by atoms with Gasteiger partial charge in [-0.05, 0) is 36.6 Å². The number of thioether (sulfide) groups is 1. The number of oxazole rings is 1. The molecule has 0 N–H and O–H groups in total. The molecule has 2 aliphatic rings. The van der Waals surface area contributed by atoms with Crippen molar-refractivity contribution in [2.24, 2.45) is 0 Å². The molecular weight excluding hydrogens is 410 g/mol. The molecule has 7 heteroatoms. The van der Waals surface area contributed by atoms with Crippen molar-refractivity contribution < 1.29 is 13.9 Å². The van der Waals surface area contributed by atoms with Crippen LogP contribution < -0.4 is 0 Å². The molecule has 0 saturated carbocycles. The van der Waals surface area contributed by atoms with Crippen LogP contribution in [0.3, 0.4) is 0 Å². The van der Waals surface area contributed by atoms with Crippen molar-refractivity contribution in [2.45, 2.75) is 29.9 Å². The molecule has 2 fully saturated rings. The van der Waals surface area contributed by atoms with Gasteiger partial charge in [0.05, 0.1) is 6.10 Å². The molecule has 5 rings (SSSR count). The van der Waals surface area contributed by atoms with Crippen LogP contribution in [0.25, 0.3) is 11.1 Å². The molecule has 2 saturated heterocycles. The maximum absolute atomic E-state index is 13.3. The van der Waals surface area contributed by atoms with Crippen LogP contribution in [0.1, 0.15) is 28.8 Å². The number of hydrogen-bond donors (Lipinski definition) is 0. The Kier molecular flexibility index (Phi) is 6.25. The summed E-state index contributed by atoms with van der Waals surface area (Å²) in [6, 6.07) is 15.6.